The van der Waals surface area contributed by atoms with E-state index in [0.29, 0.717) is 22.6 Å². The van der Waals surface area contributed by atoms with E-state index in [1.807, 2.05) is 61.5 Å². The Hall–Kier alpha value is -2.84. The predicted molar refractivity (Wildman–Crippen MR) is 125 cm³/mol. The molecule has 0 spiro atoms. The van der Waals surface area contributed by atoms with Crippen LogP contribution in [-0.4, -0.2) is 48.0 Å². The summed E-state index contributed by atoms with van der Waals surface area (Å²) in [5.74, 6) is 0.0137. The van der Waals surface area contributed by atoms with Crippen LogP contribution in [0.25, 0.3) is 10.9 Å². The summed E-state index contributed by atoms with van der Waals surface area (Å²) >= 11 is 1.27. The molecule has 1 aromatic heterocycles. The number of aromatic nitrogens is 2. The van der Waals surface area contributed by atoms with E-state index in [0.717, 1.165) is 30.8 Å². The second kappa shape index (κ2) is 9.53. The van der Waals surface area contributed by atoms with Crippen molar-refractivity contribution in [2.24, 2.45) is 0 Å². The van der Waals surface area contributed by atoms with Crippen molar-refractivity contribution < 1.29 is 9.53 Å². The SMILES string of the molecule is CN(C)c1ccc(NC(=O)CSc2nc3ccccc3c(=O)n2C[C@@H]2CCCO2)cc1. The van der Waals surface area contributed by atoms with Gasteiger partial charge < -0.3 is 15.0 Å². The first-order valence-corrected chi connectivity index (χ1v) is 11.3. The minimum Gasteiger partial charge on any atom is -0.378 e. The van der Waals surface area contributed by atoms with Gasteiger partial charge in [0.15, 0.2) is 5.16 Å². The van der Waals surface area contributed by atoms with Crippen molar-refractivity contribution in [3.05, 3.63) is 58.9 Å². The number of anilines is 2. The number of benzene rings is 2. The van der Waals surface area contributed by atoms with E-state index in [1.165, 1.54) is 11.8 Å². The van der Waals surface area contributed by atoms with Crippen LogP contribution in [0.2, 0.25) is 0 Å². The van der Waals surface area contributed by atoms with Gasteiger partial charge in [0, 0.05) is 32.1 Å². The van der Waals surface area contributed by atoms with E-state index in [9.17, 15) is 9.59 Å². The maximum Gasteiger partial charge on any atom is 0.262 e. The van der Waals surface area contributed by atoms with Crippen molar-refractivity contribution in [1.82, 2.24) is 9.55 Å². The Balaban J connectivity index is 1.51. The van der Waals surface area contributed by atoms with Crippen molar-refractivity contribution >= 4 is 39.9 Å². The van der Waals surface area contributed by atoms with Crippen LogP contribution in [0.5, 0.6) is 0 Å². The Morgan fingerprint density at radius 2 is 2.00 bits per heavy atom. The van der Waals surface area contributed by atoms with Gasteiger partial charge >= 0.3 is 0 Å². The van der Waals surface area contributed by atoms with E-state index < -0.39 is 0 Å². The summed E-state index contributed by atoms with van der Waals surface area (Å²) < 4.78 is 7.39. The number of carbonyl (C=O) groups excluding carboxylic acids is 1. The number of para-hydroxylation sites is 1. The lowest BCUT2D eigenvalue weighted by atomic mass is 10.2. The number of thioether (sulfide) groups is 1. The quantitative estimate of drug-likeness (QED) is 0.450. The molecule has 1 saturated heterocycles. The van der Waals surface area contributed by atoms with Crippen LogP contribution in [0.15, 0.2) is 58.5 Å². The molecule has 2 aromatic carbocycles. The summed E-state index contributed by atoms with van der Waals surface area (Å²) in [6, 6.07) is 15.0. The standard InChI is InChI=1S/C23H26N4O3S/c1-26(2)17-11-9-16(10-12-17)24-21(28)15-31-23-25-20-8-4-3-7-19(20)22(29)27(23)14-18-6-5-13-30-18/h3-4,7-12,18H,5-6,13-15H2,1-2H3,(H,24,28)/t18-/m0/s1. The first-order chi connectivity index (χ1) is 15.0. The summed E-state index contributed by atoms with van der Waals surface area (Å²) in [7, 11) is 3.94. The Bertz CT molecular complexity index is 1120. The van der Waals surface area contributed by atoms with Gasteiger partial charge in [-0.25, -0.2) is 4.98 Å². The Morgan fingerprint density at radius 1 is 1.23 bits per heavy atom. The Morgan fingerprint density at radius 3 is 2.71 bits per heavy atom. The molecule has 1 aliphatic rings. The number of nitrogens with one attached hydrogen (secondary N) is 1. The largest absolute Gasteiger partial charge is 0.378 e. The number of rotatable bonds is 7. The first kappa shape index (κ1) is 21.4. The van der Waals surface area contributed by atoms with Gasteiger partial charge in [-0.15, -0.1) is 0 Å². The molecule has 1 atom stereocenters. The van der Waals surface area contributed by atoms with E-state index in [-0.39, 0.29) is 23.3 Å². The summed E-state index contributed by atoms with van der Waals surface area (Å²) in [4.78, 5) is 32.3. The van der Waals surface area contributed by atoms with Crippen molar-refractivity contribution in [1.29, 1.82) is 0 Å². The second-order valence-corrected chi connectivity index (χ2v) is 8.68. The van der Waals surface area contributed by atoms with E-state index in [1.54, 1.807) is 10.6 Å². The summed E-state index contributed by atoms with van der Waals surface area (Å²) in [5.41, 5.74) is 2.34. The molecule has 31 heavy (non-hydrogen) atoms. The molecule has 1 fully saturated rings. The van der Waals surface area contributed by atoms with Crippen LogP contribution >= 0.6 is 11.8 Å². The number of hydrogen-bond donors (Lipinski definition) is 1. The number of fused-ring (bicyclic) bond motifs is 1. The fraction of sp³-hybridized carbons (Fsp3) is 0.348. The fourth-order valence-corrected chi connectivity index (χ4v) is 4.39. The monoisotopic (exact) mass is 438 g/mol. The first-order valence-electron chi connectivity index (χ1n) is 10.3. The van der Waals surface area contributed by atoms with Gasteiger partial charge in [-0.1, -0.05) is 23.9 Å². The number of nitrogens with zero attached hydrogens (tertiary/aromatic N) is 3. The topological polar surface area (TPSA) is 76.5 Å². The molecule has 7 nitrogen and oxygen atoms in total. The zero-order valence-electron chi connectivity index (χ0n) is 17.7. The van der Waals surface area contributed by atoms with Gasteiger partial charge in [-0.2, -0.15) is 0 Å². The molecule has 0 radical (unpaired) electrons. The zero-order valence-corrected chi connectivity index (χ0v) is 18.5. The molecular formula is C23H26N4O3S. The molecule has 1 N–H and O–H groups in total. The van der Waals surface area contributed by atoms with Gasteiger partial charge in [0.1, 0.15) is 0 Å². The van der Waals surface area contributed by atoms with Crippen LogP contribution in [0.3, 0.4) is 0 Å². The molecule has 0 saturated carbocycles. The summed E-state index contributed by atoms with van der Waals surface area (Å²) in [6.07, 6.45) is 1.93. The lowest BCUT2D eigenvalue weighted by molar-refractivity contribution is -0.113. The molecule has 0 bridgehead atoms. The molecule has 162 valence electrons. The minimum atomic E-state index is -0.145. The highest BCUT2D eigenvalue weighted by Gasteiger charge is 2.20. The maximum absolute atomic E-state index is 13.1. The molecule has 2 heterocycles. The van der Waals surface area contributed by atoms with Crippen LogP contribution < -0.4 is 15.8 Å². The Kier molecular flexibility index (Phi) is 6.58. The van der Waals surface area contributed by atoms with Crippen LogP contribution in [-0.2, 0) is 16.1 Å². The van der Waals surface area contributed by atoms with E-state index >= 15 is 0 Å². The third kappa shape index (κ3) is 5.08. The van der Waals surface area contributed by atoms with Crippen LogP contribution in [0.1, 0.15) is 12.8 Å². The summed E-state index contributed by atoms with van der Waals surface area (Å²) in [5, 5.41) is 4.02. The van der Waals surface area contributed by atoms with Gasteiger partial charge in [0.2, 0.25) is 5.91 Å². The van der Waals surface area contributed by atoms with Crippen molar-refractivity contribution in [3.8, 4) is 0 Å². The molecule has 4 rings (SSSR count). The van der Waals surface area contributed by atoms with Gasteiger partial charge in [-0.05, 0) is 49.2 Å². The highest BCUT2D eigenvalue weighted by atomic mass is 32.2. The number of carbonyl (C=O) groups is 1. The summed E-state index contributed by atoms with van der Waals surface area (Å²) in [6.45, 7) is 1.17. The van der Waals surface area contributed by atoms with Crippen molar-refractivity contribution in [2.75, 3.05) is 36.7 Å². The lowest BCUT2D eigenvalue weighted by Crippen LogP contribution is -2.29. The highest BCUT2D eigenvalue weighted by Crippen LogP contribution is 2.22. The van der Waals surface area contributed by atoms with Crippen LogP contribution in [0.4, 0.5) is 11.4 Å². The number of hydrogen-bond acceptors (Lipinski definition) is 6. The third-order valence-electron chi connectivity index (χ3n) is 5.24. The van der Waals surface area contributed by atoms with E-state index in [4.69, 9.17) is 4.74 Å². The minimum absolute atomic E-state index is 0.00375. The average Bonchev–Trinajstić information content (AvgIpc) is 3.28. The second-order valence-electron chi connectivity index (χ2n) is 7.74. The molecule has 0 aliphatic carbocycles. The molecule has 1 amide bonds. The fourth-order valence-electron chi connectivity index (χ4n) is 3.58. The predicted octanol–water partition coefficient (Wildman–Crippen LogP) is 3.37. The molecular weight excluding hydrogens is 412 g/mol. The average molecular weight is 439 g/mol. The normalized spacial score (nSPS) is 15.9. The molecule has 1 aliphatic heterocycles. The van der Waals surface area contributed by atoms with Crippen molar-refractivity contribution in [3.63, 3.8) is 0 Å². The highest BCUT2D eigenvalue weighted by molar-refractivity contribution is 7.99. The van der Waals surface area contributed by atoms with Crippen molar-refractivity contribution in [2.45, 2.75) is 30.6 Å². The van der Waals surface area contributed by atoms with E-state index in [2.05, 4.69) is 10.3 Å². The lowest BCUT2D eigenvalue weighted by Gasteiger charge is -2.16. The maximum atomic E-state index is 13.1. The van der Waals surface area contributed by atoms with Gasteiger partial charge in [0.25, 0.3) is 5.56 Å². The smallest absolute Gasteiger partial charge is 0.262 e. The van der Waals surface area contributed by atoms with Gasteiger partial charge in [-0.3, -0.25) is 14.2 Å². The zero-order chi connectivity index (χ0) is 21.8. The number of ether oxygens (including phenoxy) is 1. The number of amides is 1. The molecule has 8 heteroatoms. The van der Waals surface area contributed by atoms with Gasteiger partial charge in [0.05, 0.1) is 29.3 Å². The molecule has 3 aromatic rings. The molecule has 0 unspecified atom stereocenters. The Labute approximate surface area is 185 Å². The van der Waals surface area contributed by atoms with Crippen LogP contribution in [0, 0.1) is 0 Å². The third-order valence-corrected chi connectivity index (χ3v) is 6.21.